The van der Waals surface area contributed by atoms with Crippen LogP contribution in [-0.4, -0.2) is 48.1 Å². The molecule has 2 aliphatic heterocycles. The molecule has 7 nitrogen and oxygen atoms in total. The van der Waals surface area contributed by atoms with Crippen LogP contribution in [0.4, 0.5) is 0 Å². The summed E-state index contributed by atoms with van der Waals surface area (Å²) in [5.41, 5.74) is -0.392. The molecule has 6 rings (SSSR count). The fraction of sp³-hybridized carbons (Fsp3) is 0.640. The van der Waals surface area contributed by atoms with Crippen LogP contribution in [0.3, 0.4) is 0 Å². The number of fused-ring (bicyclic) bond motifs is 3. The number of nitrogens with one attached hydrogen (secondary N) is 1. The van der Waals surface area contributed by atoms with Gasteiger partial charge in [0.25, 0.3) is 5.91 Å². The number of carbonyl (C=O) groups is 3. The summed E-state index contributed by atoms with van der Waals surface area (Å²) in [6, 6.07) is 7.37. The van der Waals surface area contributed by atoms with Crippen LogP contribution in [0, 0.1) is 23.2 Å². The van der Waals surface area contributed by atoms with E-state index in [1.807, 2.05) is 30.0 Å². The van der Waals surface area contributed by atoms with Gasteiger partial charge in [0.15, 0.2) is 5.72 Å². The van der Waals surface area contributed by atoms with Gasteiger partial charge in [0.05, 0.1) is 18.1 Å². The maximum absolute atomic E-state index is 13.6. The lowest BCUT2D eigenvalue weighted by Crippen LogP contribution is -2.69. The Balaban J connectivity index is 1.30. The number of hydrogen-bond acceptors (Lipinski definition) is 5. The molecule has 1 saturated heterocycles. The summed E-state index contributed by atoms with van der Waals surface area (Å²) in [6.07, 6.45) is 4.58. The Morgan fingerprint density at radius 1 is 1.22 bits per heavy atom. The summed E-state index contributed by atoms with van der Waals surface area (Å²) in [4.78, 5) is 40.4. The third-order valence-corrected chi connectivity index (χ3v) is 8.22. The standard InChI is InChI=1S/C25H32N2O5/c1-3-31-23(30)16-9-12-27(13-10-16)22(29)19-14-17-8-11-24(19,2)15-25(17)26-21(28)18-6-4-5-7-20(18)32-25/h4-7,16-17,19H,3,8-15H2,1-2H3,(H,26,28). The van der Waals surface area contributed by atoms with E-state index in [4.69, 9.17) is 9.47 Å². The van der Waals surface area contributed by atoms with E-state index in [0.717, 1.165) is 19.3 Å². The van der Waals surface area contributed by atoms with Gasteiger partial charge >= 0.3 is 5.97 Å². The van der Waals surface area contributed by atoms with Crippen LogP contribution in [0.2, 0.25) is 0 Å². The first-order valence-electron chi connectivity index (χ1n) is 11.9. The molecular formula is C25H32N2O5. The molecule has 172 valence electrons. The van der Waals surface area contributed by atoms with Crippen LogP contribution in [0.5, 0.6) is 5.75 Å². The largest absolute Gasteiger partial charge is 0.467 e. The van der Waals surface area contributed by atoms with Gasteiger partial charge in [-0.1, -0.05) is 19.1 Å². The minimum Gasteiger partial charge on any atom is -0.467 e. The van der Waals surface area contributed by atoms with Gasteiger partial charge < -0.3 is 19.7 Å². The van der Waals surface area contributed by atoms with Gasteiger partial charge in [-0.3, -0.25) is 14.4 Å². The molecule has 1 aromatic carbocycles. The molecule has 4 atom stereocenters. The monoisotopic (exact) mass is 440 g/mol. The van der Waals surface area contributed by atoms with Gasteiger partial charge in [-0.05, 0) is 56.6 Å². The van der Waals surface area contributed by atoms with Gasteiger partial charge in [0.1, 0.15) is 5.75 Å². The number of rotatable bonds is 3. The molecule has 5 aliphatic rings. The van der Waals surface area contributed by atoms with E-state index < -0.39 is 5.72 Å². The molecule has 4 unspecified atom stereocenters. The van der Waals surface area contributed by atoms with Gasteiger partial charge in [-0.25, -0.2) is 0 Å². The molecule has 0 aromatic heterocycles. The van der Waals surface area contributed by atoms with E-state index in [-0.39, 0.29) is 41.0 Å². The molecule has 1 spiro atoms. The number of esters is 1. The highest BCUT2D eigenvalue weighted by Gasteiger charge is 2.62. The molecule has 0 radical (unpaired) electrons. The highest BCUT2D eigenvalue weighted by atomic mass is 16.5. The highest BCUT2D eigenvalue weighted by Crippen LogP contribution is 2.59. The minimum absolute atomic E-state index is 0.0799. The van der Waals surface area contributed by atoms with Crippen molar-refractivity contribution >= 4 is 17.8 Å². The van der Waals surface area contributed by atoms with E-state index >= 15 is 0 Å². The summed E-state index contributed by atoms with van der Waals surface area (Å²) < 4.78 is 11.6. The van der Waals surface area contributed by atoms with Crippen LogP contribution in [-0.2, 0) is 14.3 Å². The first-order chi connectivity index (χ1) is 15.3. The molecule has 3 saturated carbocycles. The van der Waals surface area contributed by atoms with Gasteiger partial charge in [-0.2, -0.15) is 0 Å². The third kappa shape index (κ3) is 3.37. The van der Waals surface area contributed by atoms with E-state index in [1.54, 1.807) is 6.07 Å². The molecule has 1 aromatic rings. The van der Waals surface area contributed by atoms with Crippen molar-refractivity contribution in [3.8, 4) is 5.75 Å². The quantitative estimate of drug-likeness (QED) is 0.730. The summed E-state index contributed by atoms with van der Waals surface area (Å²) in [6.45, 7) is 5.59. The van der Waals surface area contributed by atoms with Crippen molar-refractivity contribution < 1.29 is 23.9 Å². The molecular weight excluding hydrogens is 408 g/mol. The number of benzene rings is 1. The SMILES string of the molecule is CCOC(=O)C1CCN(C(=O)C2CC3CCC2(C)CC32NC(=O)c3ccccc3O2)CC1. The topological polar surface area (TPSA) is 84.9 Å². The maximum atomic E-state index is 13.6. The Labute approximate surface area is 188 Å². The van der Waals surface area contributed by atoms with Crippen molar-refractivity contribution in [1.29, 1.82) is 0 Å². The highest BCUT2D eigenvalue weighted by molar-refractivity contribution is 5.98. The summed E-state index contributed by atoms with van der Waals surface area (Å²) in [7, 11) is 0. The average molecular weight is 441 g/mol. The summed E-state index contributed by atoms with van der Waals surface area (Å²) in [5.74, 6) is 0.513. The predicted octanol–water partition coefficient (Wildman–Crippen LogP) is 3.13. The van der Waals surface area contributed by atoms with E-state index in [1.165, 1.54) is 0 Å². The van der Waals surface area contributed by atoms with Crippen molar-refractivity contribution in [2.75, 3.05) is 19.7 Å². The Kier molecular flexibility index (Phi) is 5.18. The Bertz CT molecular complexity index is 940. The average Bonchev–Trinajstić information content (AvgIpc) is 2.78. The second kappa shape index (κ2) is 7.78. The molecule has 32 heavy (non-hydrogen) atoms. The van der Waals surface area contributed by atoms with Crippen molar-refractivity contribution in [2.45, 2.75) is 58.1 Å². The molecule has 4 fully saturated rings. The second-order valence-electron chi connectivity index (χ2n) is 10.1. The second-order valence-corrected chi connectivity index (χ2v) is 10.1. The number of nitrogens with zero attached hydrogens (tertiary/aromatic N) is 1. The lowest BCUT2D eigenvalue weighted by atomic mass is 9.52. The Morgan fingerprint density at radius 3 is 2.69 bits per heavy atom. The van der Waals surface area contributed by atoms with Crippen LogP contribution >= 0.6 is 0 Å². The maximum Gasteiger partial charge on any atom is 0.309 e. The molecule has 1 N–H and O–H groups in total. The third-order valence-electron chi connectivity index (χ3n) is 8.22. The van der Waals surface area contributed by atoms with Gasteiger partial charge in [-0.15, -0.1) is 0 Å². The van der Waals surface area contributed by atoms with E-state index in [9.17, 15) is 14.4 Å². The van der Waals surface area contributed by atoms with Crippen LogP contribution in [0.25, 0.3) is 0 Å². The van der Waals surface area contributed by atoms with Crippen LogP contribution in [0.15, 0.2) is 24.3 Å². The molecule has 2 amide bonds. The Morgan fingerprint density at radius 2 is 1.97 bits per heavy atom. The van der Waals surface area contributed by atoms with Crippen LogP contribution in [0.1, 0.15) is 62.7 Å². The first kappa shape index (κ1) is 21.3. The van der Waals surface area contributed by atoms with E-state index in [0.29, 0.717) is 50.3 Å². The Hall–Kier alpha value is -2.57. The smallest absolute Gasteiger partial charge is 0.309 e. The molecule has 7 heteroatoms. The van der Waals surface area contributed by atoms with E-state index in [2.05, 4.69) is 12.2 Å². The normalized spacial score (nSPS) is 33.9. The fourth-order valence-corrected chi connectivity index (χ4v) is 6.45. The number of amides is 2. The zero-order valence-corrected chi connectivity index (χ0v) is 18.9. The zero-order chi connectivity index (χ0) is 22.5. The number of para-hydroxylation sites is 1. The molecule has 2 bridgehead atoms. The molecule has 3 aliphatic carbocycles. The van der Waals surface area contributed by atoms with Gasteiger partial charge in [0.2, 0.25) is 5.91 Å². The number of likely N-dealkylation sites (tertiary alicyclic amines) is 1. The zero-order valence-electron chi connectivity index (χ0n) is 18.9. The lowest BCUT2D eigenvalue weighted by Gasteiger charge is -2.60. The predicted molar refractivity (Wildman–Crippen MR) is 117 cm³/mol. The minimum atomic E-state index is -0.730. The van der Waals surface area contributed by atoms with Gasteiger partial charge in [0, 0.05) is 31.3 Å². The summed E-state index contributed by atoms with van der Waals surface area (Å²) >= 11 is 0. The molecule has 2 heterocycles. The lowest BCUT2D eigenvalue weighted by molar-refractivity contribution is -0.176. The summed E-state index contributed by atoms with van der Waals surface area (Å²) in [5, 5.41) is 3.18. The van der Waals surface area contributed by atoms with Crippen molar-refractivity contribution in [3.63, 3.8) is 0 Å². The number of hydrogen-bond donors (Lipinski definition) is 1. The number of ether oxygens (including phenoxy) is 2. The number of carbonyl (C=O) groups excluding carboxylic acids is 3. The number of piperidine rings is 1. The van der Waals surface area contributed by atoms with Crippen molar-refractivity contribution in [2.24, 2.45) is 23.2 Å². The first-order valence-corrected chi connectivity index (χ1v) is 11.9. The van der Waals surface area contributed by atoms with Crippen molar-refractivity contribution in [1.82, 2.24) is 10.2 Å². The van der Waals surface area contributed by atoms with Crippen LogP contribution < -0.4 is 10.1 Å². The fourth-order valence-electron chi connectivity index (χ4n) is 6.45. The van der Waals surface area contributed by atoms with Crippen molar-refractivity contribution in [3.05, 3.63) is 29.8 Å².